The summed E-state index contributed by atoms with van der Waals surface area (Å²) in [7, 11) is 0. The summed E-state index contributed by atoms with van der Waals surface area (Å²) < 4.78 is 1.72. The molecule has 0 N–H and O–H groups in total. The van der Waals surface area contributed by atoms with Crippen LogP contribution in [0, 0.1) is 5.92 Å². The molecule has 0 bridgehead atoms. The van der Waals surface area contributed by atoms with E-state index in [1.54, 1.807) is 33.0 Å². The van der Waals surface area contributed by atoms with Crippen LogP contribution in [-0.4, -0.2) is 3.21 Å². The molecule has 1 aliphatic rings. The van der Waals surface area contributed by atoms with Gasteiger partial charge in [-0.25, -0.2) is 0 Å². The van der Waals surface area contributed by atoms with Crippen LogP contribution in [0.25, 0.3) is 0 Å². The van der Waals surface area contributed by atoms with E-state index in [4.69, 9.17) is 0 Å². The van der Waals surface area contributed by atoms with Gasteiger partial charge in [-0.15, -0.1) is 0 Å². The van der Waals surface area contributed by atoms with Crippen LogP contribution >= 0.6 is 0 Å². The molecule has 1 heteroatoms. The van der Waals surface area contributed by atoms with Crippen molar-refractivity contribution in [3.8, 4) is 0 Å². The first-order chi connectivity index (χ1) is 9.49. The first-order valence-electron chi connectivity index (χ1n) is 8.22. The van der Waals surface area contributed by atoms with Gasteiger partial charge < -0.3 is 0 Å². The van der Waals surface area contributed by atoms with Gasteiger partial charge in [0.1, 0.15) is 0 Å². The zero-order valence-corrected chi connectivity index (χ0v) is 16.0. The molecule has 0 atom stereocenters. The topological polar surface area (TPSA) is 0 Å². The summed E-state index contributed by atoms with van der Waals surface area (Å²) in [5.41, 5.74) is 4.58. The second-order valence-corrected chi connectivity index (χ2v) is 8.27. The van der Waals surface area contributed by atoms with Crippen molar-refractivity contribution in [3.05, 3.63) is 34.9 Å². The molecule has 0 aliphatic heterocycles. The molecule has 1 saturated carbocycles. The molecule has 0 amide bonds. The average molecular weight is 348 g/mol. The van der Waals surface area contributed by atoms with Gasteiger partial charge >= 0.3 is 140 Å². The number of hydrogen-bond donors (Lipinski definition) is 0. The van der Waals surface area contributed by atoms with Crippen molar-refractivity contribution in [3.63, 3.8) is 0 Å². The van der Waals surface area contributed by atoms with Crippen LogP contribution in [0.4, 0.5) is 0 Å². The van der Waals surface area contributed by atoms with Crippen molar-refractivity contribution in [1.82, 2.24) is 0 Å². The zero-order valence-electron chi connectivity index (χ0n) is 13.5. The number of rotatable bonds is 4. The Bertz CT molecular complexity index is 438. The molecule has 0 spiro atoms. The SMILES string of the molecule is CC(C)c1cc([C](=[Zr])C2CCCCC2)cc(C(C)C)c1. The molecular weight excluding hydrogens is 319 g/mol. The van der Waals surface area contributed by atoms with Gasteiger partial charge in [-0.1, -0.05) is 0 Å². The van der Waals surface area contributed by atoms with E-state index in [1.165, 1.54) is 43.2 Å². The van der Waals surface area contributed by atoms with Crippen LogP contribution in [0.2, 0.25) is 0 Å². The Kier molecular flexibility index (Phi) is 5.97. The summed E-state index contributed by atoms with van der Waals surface area (Å²) >= 11 is 1.63. The third-order valence-electron chi connectivity index (χ3n) is 4.64. The van der Waals surface area contributed by atoms with Crippen LogP contribution < -0.4 is 0 Å². The summed E-state index contributed by atoms with van der Waals surface area (Å²) in [5, 5.41) is 0. The minimum atomic E-state index is 0.627. The van der Waals surface area contributed by atoms with Crippen molar-refractivity contribution >= 4 is 3.21 Å². The van der Waals surface area contributed by atoms with E-state index in [2.05, 4.69) is 45.9 Å². The Morgan fingerprint density at radius 2 is 1.40 bits per heavy atom. The van der Waals surface area contributed by atoms with E-state index in [0.717, 1.165) is 5.92 Å². The Morgan fingerprint density at radius 1 is 0.900 bits per heavy atom. The van der Waals surface area contributed by atoms with Crippen molar-refractivity contribution in [2.24, 2.45) is 5.92 Å². The maximum absolute atomic E-state index is 2.47. The summed E-state index contributed by atoms with van der Waals surface area (Å²) in [5.74, 6) is 2.12. The Morgan fingerprint density at radius 3 is 1.85 bits per heavy atom. The standard InChI is InChI=1S/C19H28.Zr/c1-14(2)18-11-17(12-19(13-18)15(3)4)10-16-8-6-5-7-9-16;/h11-16H,5-9H2,1-4H3;. The summed E-state index contributed by atoms with van der Waals surface area (Å²) in [6, 6.07) is 7.35. The minimum absolute atomic E-state index is 0.627. The third kappa shape index (κ3) is 4.00. The van der Waals surface area contributed by atoms with Crippen molar-refractivity contribution in [1.29, 1.82) is 0 Å². The molecule has 20 heavy (non-hydrogen) atoms. The molecule has 1 aliphatic carbocycles. The molecule has 108 valence electrons. The van der Waals surface area contributed by atoms with E-state index in [-0.39, 0.29) is 0 Å². The van der Waals surface area contributed by atoms with Crippen molar-refractivity contribution in [2.75, 3.05) is 0 Å². The van der Waals surface area contributed by atoms with Gasteiger partial charge in [0.2, 0.25) is 0 Å². The van der Waals surface area contributed by atoms with E-state index in [9.17, 15) is 0 Å². The molecule has 0 nitrogen and oxygen atoms in total. The normalized spacial score (nSPS) is 16.9. The van der Waals surface area contributed by atoms with Crippen LogP contribution in [0.3, 0.4) is 0 Å². The van der Waals surface area contributed by atoms with E-state index in [1.807, 2.05) is 0 Å². The zero-order chi connectivity index (χ0) is 14.7. The van der Waals surface area contributed by atoms with Gasteiger partial charge in [0.15, 0.2) is 0 Å². The van der Waals surface area contributed by atoms with Gasteiger partial charge in [-0.2, -0.15) is 0 Å². The molecule has 0 aromatic heterocycles. The van der Waals surface area contributed by atoms with Gasteiger partial charge in [-0.05, 0) is 0 Å². The molecule has 0 unspecified atom stereocenters. The molecule has 1 aromatic rings. The van der Waals surface area contributed by atoms with Gasteiger partial charge in [0.25, 0.3) is 0 Å². The molecule has 0 saturated heterocycles. The first kappa shape index (κ1) is 16.3. The fraction of sp³-hybridized carbons (Fsp3) is 0.632. The molecule has 2 rings (SSSR count). The van der Waals surface area contributed by atoms with E-state index < -0.39 is 0 Å². The van der Waals surface area contributed by atoms with Crippen molar-refractivity contribution < 1.29 is 24.2 Å². The number of benzene rings is 1. The Labute approximate surface area is 139 Å². The summed E-state index contributed by atoms with van der Waals surface area (Å²) in [6.45, 7) is 9.25. The second-order valence-electron chi connectivity index (χ2n) is 6.95. The Balaban J connectivity index is 2.31. The van der Waals surface area contributed by atoms with Crippen LogP contribution in [-0.2, 0) is 24.2 Å². The summed E-state index contributed by atoms with van der Waals surface area (Å²) in [6.07, 6.45) is 7.16. The molecule has 1 aromatic carbocycles. The van der Waals surface area contributed by atoms with Crippen LogP contribution in [0.15, 0.2) is 18.2 Å². The molecule has 1 fully saturated rings. The fourth-order valence-electron chi connectivity index (χ4n) is 3.13. The molecular formula is C19H28Zr. The average Bonchev–Trinajstić information content (AvgIpc) is 2.46. The van der Waals surface area contributed by atoms with Crippen molar-refractivity contribution in [2.45, 2.75) is 71.6 Å². The van der Waals surface area contributed by atoms with Gasteiger partial charge in [-0.3, -0.25) is 0 Å². The first-order valence-corrected chi connectivity index (χ1v) is 9.45. The monoisotopic (exact) mass is 346 g/mol. The van der Waals surface area contributed by atoms with Crippen LogP contribution in [0.5, 0.6) is 0 Å². The Hall–Kier alpha value is -0.0269. The summed E-state index contributed by atoms with van der Waals surface area (Å²) in [4.78, 5) is 0. The number of hydrogen-bond acceptors (Lipinski definition) is 0. The fourth-order valence-corrected chi connectivity index (χ4v) is 4.19. The third-order valence-corrected chi connectivity index (χ3v) is 6.35. The van der Waals surface area contributed by atoms with Gasteiger partial charge in [0.05, 0.1) is 0 Å². The van der Waals surface area contributed by atoms with E-state index >= 15 is 0 Å². The van der Waals surface area contributed by atoms with Gasteiger partial charge in [0, 0.05) is 0 Å². The van der Waals surface area contributed by atoms with E-state index in [0.29, 0.717) is 11.8 Å². The quantitative estimate of drug-likeness (QED) is 0.667. The predicted octanol–water partition coefficient (Wildman–Crippen LogP) is 5.58. The maximum atomic E-state index is 2.47. The molecule has 0 heterocycles. The second kappa shape index (κ2) is 7.30. The molecule has 0 radical (unpaired) electrons. The predicted molar refractivity (Wildman–Crippen MR) is 85.3 cm³/mol. The van der Waals surface area contributed by atoms with Crippen LogP contribution in [0.1, 0.15) is 88.3 Å².